The van der Waals surface area contributed by atoms with E-state index < -0.39 is 11.6 Å². The largest absolute Gasteiger partial charge is 0.345 e. The molecule has 0 spiro atoms. The van der Waals surface area contributed by atoms with Crippen LogP contribution in [0.2, 0.25) is 0 Å². The van der Waals surface area contributed by atoms with Gasteiger partial charge in [-0.15, -0.1) is 0 Å². The fourth-order valence-electron chi connectivity index (χ4n) is 1.94. The molecule has 0 bridgehead atoms. The van der Waals surface area contributed by atoms with E-state index in [4.69, 9.17) is 14.2 Å². The van der Waals surface area contributed by atoms with Crippen molar-refractivity contribution < 1.29 is 14.2 Å². The van der Waals surface area contributed by atoms with E-state index in [0.29, 0.717) is 25.0 Å². The van der Waals surface area contributed by atoms with Crippen LogP contribution in [0, 0.1) is 11.8 Å². The number of ether oxygens (including phenoxy) is 3. The molecule has 15 heavy (non-hydrogen) atoms. The van der Waals surface area contributed by atoms with Gasteiger partial charge in [0.2, 0.25) is 0 Å². The monoisotopic (exact) mass is 210 g/mol. The van der Waals surface area contributed by atoms with E-state index in [-0.39, 0.29) is 0 Å². The number of hydrogen-bond donors (Lipinski definition) is 0. The van der Waals surface area contributed by atoms with Gasteiger partial charge < -0.3 is 14.2 Å². The van der Waals surface area contributed by atoms with Crippen molar-refractivity contribution in [2.75, 3.05) is 13.2 Å². The van der Waals surface area contributed by atoms with Crippen LogP contribution in [0.5, 0.6) is 0 Å². The lowest BCUT2D eigenvalue weighted by Crippen LogP contribution is -2.63. The Morgan fingerprint density at radius 1 is 1.07 bits per heavy atom. The predicted octanol–water partition coefficient (Wildman–Crippen LogP) is 2.10. The summed E-state index contributed by atoms with van der Waals surface area (Å²) in [4.78, 5) is 0. The summed E-state index contributed by atoms with van der Waals surface area (Å²) in [5.74, 6) is -0.766. The van der Waals surface area contributed by atoms with Crippen LogP contribution >= 0.6 is 0 Å². The van der Waals surface area contributed by atoms with E-state index in [1.165, 1.54) is 0 Å². The van der Waals surface area contributed by atoms with E-state index in [9.17, 15) is 0 Å². The second kappa shape index (κ2) is 3.44. The average molecular weight is 210 g/mol. The summed E-state index contributed by atoms with van der Waals surface area (Å²) >= 11 is 0. The van der Waals surface area contributed by atoms with Gasteiger partial charge in [0, 0.05) is 11.8 Å². The summed E-state index contributed by atoms with van der Waals surface area (Å²) in [6.07, 6.45) is 3.42. The Labute approximate surface area is 90.7 Å². The quantitative estimate of drug-likeness (QED) is 0.665. The van der Waals surface area contributed by atoms with Crippen LogP contribution in [0.25, 0.3) is 0 Å². The standard InChI is InChI=1S/C12H18O3/c1-5-11(9(3)7-13-11)15-12(6-2)10(4)8-14-12/h5-6,9-10H,1-2,7-8H2,3-4H3. The van der Waals surface area contributed by atoms with Crippen LogP contribution in [0.3, 0.4) is 0 Å². The molecule has 4 atom stereocenters. The maximum atomic E-state index is 5.94. The molecule has 2 aliphatic heterocycles. The zero-order valence-corrected chi connectivity index (χ0v) is 9.36. The van der Waals surface area contributed by atoms with E-state index >= 15 is 0 Å². The van der Waals surface area contributed by atoms with E-state index in [0.717, 1.165) is 0 Å². The van der Waals surface area contributed by atoms with Crippen molar-refractivity contribution in [3.8, 4) is 0 Å². The molecule has 0 aromatic rings. The predicted molar refractivity (Wildman–Crippen MR) is 57.2 cm³/mol. The minimum Gasteiger partial charge on any atom is -0.345 e. The Morgan fingerprint density at radius 3 is 1.60 bits per heavy atom. The fraction of sp³-hybridized carbons (Fsp3) is 0.667. The second-order valence-corrected chi connectivity index (χ2v) is 4.38. The number of rotatable bonds is 4. The molecule has 0 aromatic carbocycles. The average Bonchev–Trinajstić information content (AvgIpc) is 2.27. The van der Waals surface area contributed by atoms with Gasteiger partial charge in [0.25, 0.3) is 0 Å². The fourth-order valence-corrected chi connectivity index (χ4v) is 1.94. The summed E-state index contributed by atoms with van der Waals surface area (Å²) in [6, 6.07) is 0. The summed E-state index contributed by atoms with van der Waals surface area (Å²) in [7, 11) is 0. The Hall–Kier alpha value is -0.640. The first kappa shape index (κ1) is 10.9. The highest BCUT2D eigenvalue weighted by molar-refractivity contribution is 5.07. The normalized spacial score (nSPS) is 48.9. The molecule has 0 N–H and O–H groups in total. The topological polar surface area (TPSA) is 27.7 Å². The Morgan fingerprint density at radius 2 is 1.47 bits per heavy atom. The summed E-state index contributed by atoms with van der Waals surface area (Å²) in [5.41, 5.74) is 0. The molecule has 2 saturated heterocycles. The van der Waals surface area contributed by atoms with Crippen molar-refractivity contribution in [1.29, 1.82) is 0 Å². The summed E-state index contributed by atoms with van der Waals surface area (Å²) < 4.78 is 16.9. The zero-order valence-electron chi connectivity index (χ0n) is 9.36. The third-order valence-corrected chi connectivity index (χ3v) is 3.38. The van der Waals surface area contributed by atoms with E-state index in [1.54, 1.807) is 12.2 Å². The molecule has 2 fully saturated rings. The van der Waals surface area contributed by atoms with Crippen LogP contribution in [0.1, 0.15) is 13.8 Å². The molecule has 3 nitrogen and oxygen atoms in total. The van der Waals surface area contributed by atoms with Gasteiger partial charge >= 0.3 is 0 Å². The van der Waals surface area contributed by atoms with Crippen molar-refractivity contribution >= 4 is 0 Å². The Balaban J connectivity index is 2.12. The molecule has 0 radical (unpaired) electrons. The van der Waals surface area contributed by atoms with Gasteiger partial charge in [-0.1, -0.05) is 27.0 Å². The van der Waals surface area contributed by atoms with Crippen LogP contribution in [-0.2, 0) is 14.2 Å². The molecule has 2 aliphatic rings. The lowest BCUT2D eigenvalue weighted by Gasteiger charge is -2.54. The van der Waals surface area contributed by atoms with Crippen LogP contribution in [-0.4, -0.2) is 24.8 Å². The highest BCUT2D eigenvalue weighted by Gasteiger charge is 2.55. The maximum Gasteiger partial charge on any atom is 0.195 e. The highest BCUT2D eigenvalue weighted by atomic mass is 16.8. The maximum absolute atomic E-state index is 5.94. The van der Waals surface area contributed by atoms with Gasteiger partial charge in [-0.2, -0.15) is 0 Å². The van der Waals surface area contributed by atoms with Crippen molar-refractivity contribution in [3.05, 3.63) is 25.3 Å². The van der Waals surface area contributed by atoms with Gasteiger partial charge in [0.1, 0.15) is 0 Å². The third-order valence-electron chi connectivity index (χ3n) is 3.38. The Bertz CT molecular complexity index is 261. The molecule has 3 heteroatoms. The molecule has 0 aromatic heterocycles. The first-order valence-electron chi connectivity index (χ1n) is 5.34. The summed E-state index contributed by atoms with van der Waals surface area (Å²) in [5, 5.41) is 0. The molecule has 0 saturated carbocycles. The van der Waals surface area contributed by atoms with Crippen molar-refractivity contribution in [3.63, 3.8) is 0 Å². The third kappa shape index (κ3) is 1.38. The molecule has 84 valence electrons. The first-order valence-corrected chi connectivity index (χ1v) is 5.34. The second-order valence-electron chi connectivity index (χ2n) is 4.38. The van der Waals surface area contributed by atoms with Gasteiger partial charge in [-0.05, 0) is 12.2 Å². The lowest BCUT2D eigenvalue weighted by molar-refractivity contribution is -0.429. The minimum absolute atomic E-state index is 0.309. The molecular formula is C12H18O3. The first-order chi connectivity index (χ1) is 7.08. The van der Waals surface area contributed by atoms with Gasteiger partial charge in [-0.3, -0.25) is 0 Å². The van der Waals surface area contributed by atoms with Crippen LogP contribution in [0.4, 0.5) is 0 Å². The molecule has 2 rings (SSSR count). The van der Waals surface area contributed by atoms with Crippen molar-refractivity contribution in [2.45, 2.75) is 25.4 Å². The van der Waals surface area contributed by atoms with Gasteiger partial charge in [0.15, 0.2) is 11.6 Å². The molecule has 2 heterocycles. The van der Waals surface area contributed by atoms with Crippen LogP contribution in [0.15, 0.2) is 25.3 Å². The minimum atomic E-state index is -0.692. The SMILES string of the molecule is C=CC1(OC2(C=C)OCC2C)OCC1C. The van der Waals surface area contributed by atoms with E-state index in [2.05, 4.69) is 27.0 Å². The van der Waals surface area contributed by atoms with Crippen LogP contribution < -0.4 is 0 Å². The highest BCUT2D eigenvalue weighted by Crippen LogP contribution is 2.45. The molecular weight excluding hydrogens is 192 g/mol. The lowest BCUT2D eigenvalue weighted by atomic mass is 9.91. The van der Waals surface area contributed by atoms with Crippen molar-refractivity contribution in [1.82, 2.24) is 0 Å². The summed E-state index contributed by atoms with van der Waals surface area (Å²) in [6.45, 7) is 13.1. The Kier molecular flexibility index (Phi) is 2.49. The zero-order chi connectivity index (χ0) is 11.1. The molecule has 0 amide bonds. The smallest absolute Gasteiger partial charge is 0.195 e. The van der Waals surface area contributed by atoms with Gasteiger partial charge in [0.05, 0.1) is 13.2 Å². The van der Waals surface area contributed by atoms with Crippen molar-refractivity contribution in [2.24, 2.45) is 11.8 Å². The van der Waals surface area contributed by atoms with Gasteiger partial charge in [-0.25, -0.2) is 0 Å². The molecule has 4 unspecified atom stereocenters. The van der Waals surface area contributed by atoms with E-state index in [1.807, 2.05) is 0 Å². The number of hydrogen-bond acceptors (Lipinski definition) is 3. The molecule has 0 aliphatic carbocycles.